The summed E-state index contributed by atoms with van der Waals surface area (Å²) in [5.41, 5.74) is 4.24. The largest absolute Gasteiger partial charge is 0.310 e. The fourth-order valence-electron chi connectivity index (χ4n) is 4.76. The van der Waals surface area contributed by atoms with Crippen molar-refractivity contribution in [1.29, 1.82) is 0 Å². The highest BCUT2D eigenvalue weighted by molar-refractivity contribution is 8.02. The molecule has 3 aromatic carbocycles. The zero-order chi connectivity index (χ0) is 23.4. The van der Waals surface area contributed by atoms with Crippen molar-refractivity contribution in [3.8, 4) is 0 Å². The molecular formula is C27H25ClN2O2S. The van der Waals surface area contributed by atoms with E-state index >= 15 is 0 Å². The molecule has 0 saturated carbocycles. The number of para-hydroxylation sites is 1. The van der Waals surface area contributed by atoms with Crippen molar-refractivity contribution in [2.75, 3.05) is 11.4 Å². The highest BCUT2D eigenvalue weighted by Gasteiger charge is 2.63. The lowest BCUT2D eigenvalue weighted by atomic mass is 10.0. The van der Waals surface area contributed by atoms with Crippen LogP contribution >= 0.6 is 23.4 Å². The summed E-state index contributed by atoms with van der Waals surface area (Å²) < 4.78 is -0.288. The molecule has 0 N–H and O–H groups in total. The average Bonchev–Trinajstić information content (AvgIpc) is 3.21. The molecule has 6 heteroatoms. The summed E-state index contributed by atoms with van der Waals surface area (Å²) in [7, 11) is 0. The lowest BCUT2D eigenvalue weighted by Crippen LogP contribution is -2.50. The van der Waals surface area contributed by atoms with Crippen LogP contribution in [0, 0.1) is 6.92 Å². The summed E-state index contributed by atoms with van der Waals surface area (Å²) in [6.07, 6.45) is 0. The molecule has 1 atom stereocenters. The Labute approximate surface area is 203 Å². The van der Waals surface area contributed by atoms with Crippen LogP contribution in [0.2, 0.25) is 5.02 Å². The van der Waals surface area contributed by atoms with E-state index in [9.17, 15) is 9.59 Å². The molecular weight excluding hydrogens is 452 g/mol. The molecule has 0 radical (unpaired) electrons. The number of anilines is 1. The van der Waals surface area contributed by atoms with Crippen LogP contribution in [0.1, 0.15) is 40.9 Å². The number of hydrogen-bond donors (Lipinski definition) is 0. The highest BCUT2D eigenvalue weighted by atomic mass is 35.5. The minimum atomic E-state index is -1.11. The van der Waals surface area contributed by atoms with Crippen LogP contribution in [-0.2, 0) is 16.2 Å². The third-order valence-corrected chi connectivity index (χ3v) is 8.23. The van der Waals surface area contributed by atoms with Gasteiger partial charge in [-0.05, 0) is 50.6 Å². The Kier molecular flexibility index (Phi) is 5.30. The van der Waals surface area contributed by atoms with Gasteiger partial charge >= 0.3 is 0 Å². The molecule has 1 saturated heterocycles. The summed E-state index contributed by atoms with van der Waals surface area (Å²) in [4.78, 5) is 30.5. The smallest absolute Gasteiger partial charge is 0.268 e. The number of hydrogen-bond acceptors (Lipinski definition) is 3. The van der Waals surface area contributed by atoms with E-state index in [0.29, 0.717) is 23.7 Å². The zero-order valence-electron chi connectivity index (χ0n) is 18.8. The fraction of sp³-hybridized carbons (Fsp3) is 0.259. The van der Waals surface area contributed by atoms with Crippen molar-refractivity contribution in [3.63, 3.8) is 0 Å². The Balaban J connectivity index is 1.63. The molecule has 168 valence electrons. The maximum atomic E-state index is 14.3. The molecule has 2 aliphatic rings. The molecule has 5 rings (SSSR count). The summed E-state index contributed by atoms with van der Waals surface area (Å²) in [5, 5.41) is 0.621. The molecule has 2 heterocycles. The molecule has 1 spiro atoms. The first-order chi connectivity index (χ1) is 15.7. The minimum Gasteiger partial charge on any atom is -0.310 e. The van der Waals surface area contributed by atoms with Crippen molar-refractivity contribution < 1.29 is 9.59 Å². The van der Waals surface area contributed by atoms with E-state index in [-0.39, 0.29) is 16.6 Å². The number of fused-ring (bicyclic) bond motifs is 2. The third kappa shape index (κ3) is 3.54. The van der Waals surface area contributed by atoms with Gasteiger partial charge in [0.2, 0.25) is 0 Å². The topological polar surface area (TPSA) is 40.6 Å². The molecule has 4 nitrogen and oxygen atoms in total. The van der Waals surface area contributed by atoms with Gasteiger partial charge in [0.05, 0.1) is 12.2 Å². The normalized spacial score (nSPS) is 21.0. The third-order valence-electron chi connectivity index (χ3n) is 6.27. The quantitative estimate of drug-likeness (QED) is 0.464. The van der Waals surface area contributed by atoms with Crippen LogP contribution in [0.25, 0.3) is 0 Å². The predicted octanol–water partition coefficient (Wildman–Crippen LogP) is 6.02. The second kappa shape index (κ2) is 7.93. The molecule has 2 amide bonds. The monoisotopic (exact) mass is 476 g/mol. The standard InChI is InChI=1S/C27H25ClN2O2S/c1-18-12-14-19(15-13-18)24(31)30-17-26(2,3)33-27(30)21-9-5-7-11-23(21)29(25(27)32)16-20-8-4-6-10-22(20)28/h4-15H,16-17H2,1-3H3/t27-/m0/s1. The van der Waals surface area contributed by atoms with Crippen LogP contribution in [-0.4, -0.2) is 28.0 Å². The van der Waals surface area contributed by atoms with Crippen molar-refractivity contribution in [2.45, 2.75) is 36.9 Å². The van der Waals surface area contributed by atoms with Crippen LogP contribution in [0.4, 0.5) is 5.69 Å². The van der Waals surface area contributed by atoms with Crippen LogP contribution in [0.3, 0.4) is 0 Å². The Bertz CT molecular complexity index is 1260. The van der Waals surface area contributed by atoms with Gasteiger partial charge in [-0.25, -0.2) is 0 Å². The number of carbonyl (C=O) groups excluding carboxylic acids is 2. The second-order valence-corrected chi connectivity index (χ2v) is 11.6. The molecule has 1 fully saturated rings. The summed E-state index contributed by atoms with van der Waals surface area (Å²) >= 11 is 8.00. The number of aryl methyl sites for hydroxylation is 1. The fourth-order valence-corrected chi connectivity index (χ4v) is 6.69. The summed E-state index contributed by atoms with van der Waals surface area (Å²) in [6, 6.07) is 22.9. The lowest BCUT2D eigenvalue weighted by molar-refractivity contribution is -0.123. The molecule has 0 unspecified atom stereocenters. The molecule has 3 aromatic rings. The number of thioether (sulfide) groups is 1. The van der Waals surface area contributed by atoms with Gasteiger partial charge in [0.1, 0.15) is 0 Å². The first-order valence-electron chi connectivity index (χ1n) is 11.0. The first-order valence-corrected chi connectivity index (χ1v) is 12.2. The lowest BCUT2D eigenvalue weighted by Gasteiger charge is -2.33. The maximum absolute atomic E-state index is 14.3. The van der Waals surface area contributed by atoms with E-state index in [0.717, 1.165) is 22.4 Å². The molecule has 2 aliphatic heterocycles. The van der Waals surface area contributed by atoms with Crippen LogP contribution in [0.5, 0.6) is 0 Å². The molecule has 0 aliphatic carbocycles. The summed E-state index contributed by atoms with van der Waals surface area (Å²) in [6.45, 7) is 7.01. The number of amides is 2. The van der Waals surface area contributed by atoms with Crippen LogP contribution < -0.4 is 4.90 Å². The number of carbonyl (C=O) groups is 2. The Hall–Kier alpha value is -2.76. The van der Waals surface area contributed by atoms with E-state index in [1.807, 2.05) is 79.7 Å². The molecule has 0 aromatic heterocycles. The van der Waals surface area contributed by atoms with Gasteiger partial charge in [-0.1, -0.05) is 65.7 Å². The predicted molar refractivity (Wildman–Crippen MR) is 135 cm³/mol. The van der Waals surface area contributed by atoms with Crippen molar-refractivity contribution in [1.82, 2.24) is 4.90 Å². The summed E-state index contributed by atoms with van der Waals surface area (Å²) in [5.74, 6) is -0.226. The number of nitrogens with zero attached hydrogens (tertiary/aromatic N) is 2. The Morgan fingerprint density at radius 2 is 1.67 bits per heavy atom. The van der Waals surface area contributed by atoms with E-state index in [1.165, 1.54) is 0 Å². The average molecular weight is 477 g/mol. The highest BCUT2D eigenvalue weighted by Crippen LogP contribution is 2.60. The van der Waals surface area contributed by atoms with Gasteiger partial charge in [0.25, 0.3) is 11.8 Å². The van der Waals surface area contributed by atoms with E-state index in [1.54, 1.807) is 21.6 Å². The van der Waals surface area contributed by atoms with E-state index < -0.39 is 4.87 Å². The second-order valence-electron chi connectivity index (χ2n) is 9.26. The number of halogens is 1. The maximum Gasteiger partial charge on any atom is 0.268 e. The van der Waals surface area contributed by atoms with Gasteiger partial charge in [-0.3, -0.25) is 9.59 Å². The molecule has 33 heavy (non-hydrogen) atoms. The SMILES string of the molecule is Cc1ccc(C(=O)N2CC(C)(C)S[C@@]23C(=O)N(Cc2ccccc2Cl)c2ccccc23)cc1. The van der Waals surface area contributed by atoms with Gasteiger partial charge in [-0.2, -0.15) is 0 Å². The van der Waals surface area contributed by atoms with Crippen LogP contribution in [0.15, 0.2) is 72.8 Å². The van der Waals surface area contributed by atoms with Gasteiger partial charge in [0.15, 0.2) is 4.87 Å². The van der Waals surface area contributed by atoms with E-state index in [2.05, 4.69) is 13.8 Å². The number of benzene rings is 3. The Morgan fingerprint density at radius 1 is 1.00 bits per heavy atom. The van der Waals surface area contributed by atoms with Gasteiger partial charge in [0, 0.05) is 27.4 Å². The molecule has 0 bridgehead atoms. The zero-order valence-corrected chi connectivity index (χ0v) is 20.4. The van der Waals surface area contributed by atoms with Gasteiger partial charge in [-0.15, -0.1) is 11.8 Å². The first kappa shape index (κ1) is 22.1. The van der Waals surface area contributed by atoms with Crippen molar-refractivity contribution >= 4 is 40.9 Å². The number of rotatable bonds is 3. The van der Waals surface area contributed by atoms with Crippen molar-refractivity contribution in [3.05, 3.63) is 100 Å². The van der Waals surface area contributed by atoms with Gasteiger partial charge < -0.3 is 9.80 Å². The van der Waals surface area contributed by atoms with Crippen molar-refractivity contribution in [2.24, 2.45) is 0 Å². The minimum absolute atomic E-state index is 0.0975. The van der Waals surface area contributed by atoms with E-state index in [4.69, 9.17) is 11.6 Å². The Morgan fingerprint density at radius 3 is 2.39 bits per heavy atom.